The van der Waals surface area contributed by atoms with Crippen molar-refractivity contribution in [3.05, 3.63) is 36.4 Å². The Kier molecular flexibility index (Phi) is 6.87. The Balaban J connectivity index is 0.00000225. The third-order valence-corrected chi connectivity index (χ3v) is 5.32. The van der Waals surface area contributed by atoms with Gasteiger partial charge in [-0.3, -0.25) is 4.79 Å². The van der Waals surface area contributed by atoms with Crippen molar-refractivity contribution in [1.29, 1.82) is 0 Å². The van der Waals surface area contributed by atoms with Crippen molar-refractivity contribution in [3.63, 3.8) is 0 Å². The van der Waals surface area contributed by atoms with Gasteiger partial charge in [0.15, 0.2) is 5.16 Å². The van der Waals surface area contributed by atoms with Gasteiger partial charge in [-0.05, 0) is 56.3 Å². The van der Waals surface area contributed by atoms with Gasteiger partial charge in [0.2, 0.25) is 5.91 Å². The molecule has 1 aromatic carbocycles. The Bertz CT molecular complexity index is 739. The molecule has 2 atom stereocenters. The first-order valence-electron chi connectivity index (χ1n) is 8.02. The average Bonchev–Trinajstić information content (AvgIpc) is 2.95. The highest BCUT2D eigenvalue weighted by molar-refractivity contribution is 7.99. The molecule has 0 bridgehead atoms. The number of imidazole rings is 1. The second-order valence-electron chi connectivity index (χ2n) is 6.13. The molecule has 1 aliphatic heterocycles. The lowest BCUT2D eigenvalue weighted by Crippen LogP contribution is -2.40. The minimum Gasteiger partial charge on any atom is -0.329 e. The standard InChI is InChI=1S/C17H21FN4OS.ClH/c1-11-9-12(5-6-19-11)16(23)21-14-10-13(18)3-4-15(14)24-17-20-7-8-22(17)2;/h3-4,7-8,10-12,19H,5-6,9H2,1-2H3,(H,21,23);1H/t11-,12-;/m0./s1. The first-order valence-corrected chi connectivity index (χ1v) is 8.83. The van der Waals surface area contributed by atoms with E-state index in [0.29, 0.717) is 11.7 Å². The maximum Gasteiger partial charge on any atom is 0.227 e. The minimum atomic E-state index is -0.367. The number of nitrogens with one attached hydrogen (secondary N) is 2. The zero-order valence-electron chi connectivity index (χ0n) is 14.2. The lowest BCUT2D eigenvalue weighted by atomic mass is 9.92. The van der Waals surface area contributed by atoms with E-state index in [2.05, 4.69) is 22.5 Å². The van der Waals surface area contributed by atoms with Crippen LogP contribution in [0.4, 0.5) is 10.1 Å². The minimum absolute atomic E-state index is 0. The third-order valence-electron chi connectivity index (χ3n) is 4.17. The number of hydrogen-bond donors (Lipinski definition) is 2. The Hall–Kier alpha value is -1.57. The summed E-state index contributed by atoms with van der Waals surface area (Å²) in [4.78, 5) is 17.6. The Labute approximate surface area is 157 Å². The van der Waals surface area contributed by atoms with Crippen LogP contribution in [0.3, 0.4) is 0 Å². The maximum atomic E-state index is 13.7. The van der Waals surface area contributed by atoms with Gasteiger partial charge in [-0.2, -0.15) is 0 Å². The van der Waals surface area contributed by atoms with E-state index in [1.807, 2.05) is 17.8 Å². The number of nitrogens with zero attached hydrogens (tertiary/aromatic N) is 2. The van der Waals surface area contributed by atoms with Gasteiger partial charge in [-0.1, -0.05) is 0 Å². The fourth-order valence-corrected chi connectivity index (χ4v) is 3.71. The molecule has 0 radical (unpaired) electrons. The van der Waals surface area contributed by atoms with E-state index >= 15 is 0 Å². The van der Waals surface area contributed by atoms with E-state index in [1.54, 1.807) is 12.3 Å². The molecule has 1 fully saturated rings. The molecular formula is C17H22ClFN4OS. The van der Waals surface area contributed by atoms with Crippen molar-refractivity contribution in [3.8, 4) is 0 Å². The van der Waals surface area contributed by atoms with Gasteiger partial charge < -0.3 is 15.2 Å². The molecule has 0 unspecified atom stereocenters. The van der Waals surface area contributed by atoms with Crippen molar-refractivity contribution in [1.82, 2.24) is 14.9 Å². The van der Waals surface area contributed by atoms with Crippen LogP contribution < -0.4 is 10.6 Å². The monoisotopic (exact) mass is 384 g/mol. The highest BCUT2D eigenvalue weighted by Gasteiger charge is 2.25. The molecule has 136 valence electrons. The summed E-state index contributed by atoms with van der Waals surface area (Å²) < 4.78 is 15.6. The van der Waals surface area contributed by atoms with Crippen molar-refractivity contribution >= 4 is 35.8 Å². The molecule has 2 heterocycles. The molecule has 0 spiro atoms. The van der Waals surface area contributed by atoms with Gasteiger partial charge >= 0.3 is 0 Å². The second-order valence-corrected chi connectivity index (χ2v) is 7.14. The van der Waals surface area contributed by atoms with E-state index in [-0.39, 0.29) is 30.0 Å². The maximum absolute atomic E-state index is 13.7. The van der Waals surface area contributed by atoms with Gasteiger partial charge in [-0.15, -0.1) is 12.4 Å². The van der Waals surface area contributed by atoms with Gasteiger partial charge in [0.25, 0.3) is 0 Å². The van der Waals surface area contributed by atoms with Crippen LogP contribution in [0.5, 0.6) is 0 Å². The summed E-state index contributed by atoms with van der Waals surface area (Å²) >= 11 is 1.40. The lowest BCUT2D eigenvalue weighted by molar-refractivity contribution is -0.120. The molecule has 1 amide bonds. The SMILES string of the molecule is C[C@H]1C[C@@H](C(=O)Nc2cc(F)ccc2Sc2nccn2C)CCN1.Cl. The number of aryl methyl sites for hydroxylation is 1. The number of rotatable bonds is 4. The molecule has 5 nitrogen and oxygen atoms in total. The van der Waals surface area contributed by atoms with Gasteiger partial charge in [0.05, 0.1) is 5.69 Å². The van der Waals surface area contributed by atoms with E-state index in [1.165, 1.54) is 23.9 Å². The number of benzene rings is 1. The van der Waals surface area contributed by atoms with Gasteiger partial charge in [-0.25, -0.2) is 9.37 Å². The largest absolute Gasteiger partial charge is 0.329 e. The van der Waals surface area contributed by atoms with Crippen LogP contribution in [-0.2, 0) is 11.8 Å². The number of amides is 1. The van der Waals surface area contributed by atoms with Crippen molar-refractivity contribution in [2.45, 2.75) is 35.9 Å². The molecule has 2 aromatic rings. The summed E-state index contributed by atoms with van der Waals surface area (Å²) in [5.41, 5.74) is 0.499. The van der Waals surface area contributed by atoms with Crippen molar-refractivity contribution < 1.29 is 9.18 Å². The van der Waals surface area contributed by atoms with Crippen LogP contribution in [0.25, 0.3) is 0 Å². The topological polar surface area (TPSA) is 59.0 Å². The second kappa shape index (κ2) is 8.69. The molecule has 0 saturated carbocycles. The molecular weight excluding hydrogens is 363 g/mol. The number of aromatic nitrogens is 2. The van der Waals surface area contributed by atoms with Crippen molar-refractivity contribution in [2.24, 2.45) is 13.0 Å². The summed E-state index contributed by atoms with van der Waals surface area (Å²) in [5, 5.41) is 7.03. The van der Waals surface area contributed by atoms with E-state index < -0.39 is 0 Å². The molecule has 1 aromatic heterocycles. The normalized spacial score (nSPS) is 20.0. The fourth-order valence-electron chi connectivity index (χ4n) is 2.84. The number of halogens is 2. The first-order chi connectivity index (χ1) is 11.5. The molecule has 1 aliphatic rings. The highest BCUT2D eigenvalue weighted by Crippen LogP contribution is 2.33. The molecule has 2 N–H and O–H groups in total. The first kappa shape index (κ1) is 19.8. The van der Waals surface area contributed by atoms with Crippen LogP contribution >= 0.6 is 24.2 Å². The van der Waals surface area contributed by atoms with Crippen LogP contribution in [0.15, 0.2) is 40.6 Å². The molecule has 0 aliphatic carbocycles. The molecule has 3 rings (SSSR count). The summed E-state index contributed by atoms with van der Waals surface area (Å²) in [6.45, 7) is 2.90. The van der Waals surface area contributed by atoms with E-state index in [4.69, 9.17) is 0 Å². The Morgan fingerprint density at radius 3 is 2.96 bits per heavy atom. The van der Waals surface area contributed by atoms with Crippen LogP contribution in [0.2, 0.25) is 0 Å². The smallest absolute Gasteiger partial charge is 0.227 e. The zero-order chi connectivity index (χ0) is 17.1. The number of carbonyl (C=O) groups is 1. The van der Waals surface area contributed by atoms with E-state index in [9.17, 15) is 9.18 Å². The Morgan fingerprint density at radius 2 is 2.28 bits per heavy atom. The van der Waals surface area contributed by atoms with E-state index in [0.717, 1.165) is 29.4 Å². The van der Waals surface area contributed by atoms with Crippen LogP contribution in [0.1, 0.15) is 19.8 Å². The summed E-state index contributed by atoms with van der Waals surface area (Å²) in [5.74, 6) is -0.459. The predicted octanol–water partition coefficient (Wildman–Crippen LogP) is 3.46. The fraction of sp³-hybridized carbons (Fsp3) is 0.412. The van der Waals surface area contributed by atoms with Crippen LogP contribution in [0, 0.1) is 11.7 Å². The third kappa shape index (κ3) is 4.96. The number of anilines is 1. The molecule has 25 heavy (non-hydrogen) atoms. The zero-order valence-corrected chi connectivity index (χ0v) is 15.8. The van der Waals surface area contributed by atoms with Gasteiger partial charge in [0, 0.05) is 36.3 Å². The molecule has 8 heteroatoms. The van der Waals surface area contributed by atoms with Gasteiger partial charge in [0.1, 0.15) is 5.82 Å². The summed E-state index contributed by atoms with van der Waals surface area (Å²) in [7, 11) is 1.90. The van der Waals surface area contributed by atoms with Crippen LogP contribution in [-0.4, -0.2) is 28.0 Å². The quantitative estimate of drug-likeness (QED) is 0.847. The predicted molar refractivity (Wildman–Crippen MR) is 99.8 cm³/mol. The average molecular weight is 385 g/mol. The highest BCUT2D eigenvalue weighted by atomic mass is 35.5. The number of hydrogen-bond acceptors (Lipinski definition) is 4. The summed E-state index contributed by atoms with van der Waals surface area (Å²) in [6, 6.07) is 4.76. The summed E-state index contributed by atoms with van der Waals surface area (Å²) in [6.07, 6.45) is 5.15. The van der Waals surface area contributed by atoms with Crippen molar-refractivity contribution in [2.75, 3.05) is 11.9 Å². The number of carbonyl (C=O) groups excluding carboxylic acids is 1. The molecule has 1 saturated heterocycles. The number of piperidine rings is 1. The lowest BCUT2D eigenvalue weighted by Gasteiger charge is -2.27. The Morgan fingerprint density at radius 1 is 1.48 bits per heavy atom.